The third kappa shape index (κ3) is 2.28. The van der Waals surface area contributed by atoms with Gasteiger partial charge in [0.15, 0.2) is 0 Å². The molecule has 0 aliphatic carbocycles. The fourth-order valence-electron chi connectivity index (χ4n) is 2.76. The molecule has 0 spiro atoms. The molecular weight excluding hydrogens is 252 g/mol. The van der Waals surface area contributed by atoms with E-state index in [4.69, 9.17) is 9.47 Å². The van der Waals surface area contributed by atoms with Crippen LogP contribution >= 0.6 is 0 Å². The minimum atomic E-state index is -0.225. The second-order valence-electron chi connectivity index (χ2n) is 6.50. The lowest BCUT2D eigenvalue weighted by Crippen LogP contribution is -2.35. The number of hydrogen-bond acceptors (Lipinski definition) is 3. The van der Waals surface area contributed by atoms with Crippen molar-refractivity contribution in [3.63, 3.8) is 0 Å². The van der Waals surface area contributed by atoms with Crippen molar-refractivity contribution in [2.24, 2.45) is 11.8 Å². The van der Waals surface area contributed by atoms with Gasteiger partial charge in [-0.2, -0.15) is 0 Å². The van der Waals surface area contributed by atoms with E-state index in [-0.39, 0.29) is 12.4 Å². The molecule has 1 aromatic rings. The lowest BCUT2D eigenvalue weighted by atomic mass is 9.88. The van der Waals surface area contributed by atoms with Crippen molar-refractivity contribution in [2.45, 2.75) is 60.9 Å². The summed E-state index contributed by atoms with van der Waals surface area (Å²) in [6, 6.07) is 0. The SMILES string of the molecule is Cc1c(C)c2c(c(C)c1O)C(C(C)C)OC(C(C)C)O2. The first-order chi connectivity index (χ1) is 9.25. The van der Waals surface area contributed by atoms with Gasteiger partial charge in [-0.25, -0.2) is 0 Å². The summed E-state index contributed by atoms with van der Waals surface area (Å²) in [5.41, 5.74) is 3.80. The van der Waals surface area contributed by atoms with Gasteiger partial charge in [0.2, 0.25) is 6.29 Å². The highest BCUT2D eigenvalue weighted by Crippen LogP contribution is 2.47. The highest BCUT2D eigenvalue weighted by Gasteiger charge is 2.36. The Hall–Kier alpha value is -1.22. The summed E-state index contributed by atoms with van der Waals surface area (Å²) < 4.78 is 12.2. The van der Waals surface area contributed by atoms with Crippen molar-refractivity contribution < 1.29 is 14.6 Å². The predicted octanol–water partition coefficient (Wildman–Crippen LogP) is 4.41. The Morgan fingerprint density at radius 3 is 2.00 bits per heavy atom. The van der Waals surface area contributed by atoms with Crippen LogP contribution in [-0.4, -0.2) is 11.4 Å². The maximum atomic E-state index is 10.3. The Bertz CT molecular complexity index is 518. The Morgan fingerprint density at radius 1 is 0.900 bits per heavy atom. The highest BCUT2D eigenvalue weighted by atomic mass is 16.7. The molecule has 0 radical (unpaired) electrons. The third-order valence-electron chi connectivity index (χ3n) is 4.21. The highest BCUT2D eigenvalue weighted by molar-refractivity contribution is 5.58. The average molecular weight is 278 g/mol. The van der Waals surface area contributed by atoms with Crippen LogP contribution in [0.15, 0.2) is 0 Å². The van der Waals surface area contributed by atoms with Gasteiger partial charge >= 0.3 is 0 Å². The largest absolute Gasteiger partial charge is 0.507 e. The molecule has 1 aliphatic rings. The molecule has 0 saturated heterocycles. The molecule has 0 saturated carbocycles. The van der Waals surface area contributed by atoms with E-state index in [0.717, 1.165) is 28.0 Å². The van der Waals surface area contributed by atoms with Crippen LogP contribution in [0.2, 0.25) is 0 Å². The monoisotopic (exact) mass is 278 g/mol. The molecule has 0 amide bonds. The molecule has 3 heteroatoms. The zero-order valence-electron chi connectivity index (χ0n) is 13.6. The molecule has 20 heavy (non-hydrogen) atoms. The van der Waals surface area contributed by atoms with Crippen molar-refractivity contribution in [3.8, 4) is 11.5 Å². The molecule has 3 nitrogen and oxygen atoms in total. The van der Waals surface area contributed by atoms with Crippen LogP contribution < -0.4 is 4.74 Å². The number of fused-ring (bicyclic) bond motifs is 1. The fraction of sp³-hybridized carbons (Fsp3) is 0.647. The molecular formula is C17H26O3. The van der Waals surface area contributed by atoms with Crippen LogP contribution in [0.1, 0.15) is 56.1 Å². The first kappa shape index (κ1) is 15.2. The summed E-state index contributed by atoms with van der Waals surface area (Å²) in [7, 11) is 0. The zero-order chi connectivity index (χ0) is 15.2. The van der Waals surface area contributed by atoms with E-state index < -0.39 is 0 Å². The summed E-state index contributed by atoms with van der Waals surface area (Å²) in [6.07, 6.45) is -0.256. The number of phenols is 1. The Balaban J connectivity index is 2.65. The van der Waals surface area contributed by atoms with E-state index in [2.05, 4.69) is 27.7 Å². The van der Waals surface area contributed by atoms with E-state index in [1.807, 2.05) is 20.8 Å². The molecule has 2 rings (SSSR count). The second kappa shape index (κ2) is 5.28. The van der Waals surface area contributed by atoms with E-state index in [1.165, 1.54) is 0 Å². The smallest absolute Gasteiger partial charge is 0.202 e. The lowest BCUT2D eigenvalue weighted by Gasteiger charge is -2.38. The van der Waals surface area contributed by atoms with Crippen LogP contribution in [0, 0.1) is 32.6 Å². The van der Waals surface area contributed by atoms with Gasteiger partial charge < -0.3 is 14.6 Å². The topological polar surface area (TPSA) is 38.7 Å². The predicted molar refractivity (Wildman–Crippen MR) is 80.2 cm³/mol. The first-order valence-electron chi connectivity index (χ1n) is 7.40. The van der Waals surface area contributed by atoms with Gasteiger partial charge in [0.25, 0.3) is 0 Å². The Kier molecular flexibility index (Phi) is 4.01. The van der Waals surface area contributed by atoms with Crippen molar-refractivity contribution in [1.29, 1.82) is 0 Å². The van der Waals surface area contributed by atoms with E-state index in [0.29, 0.717) is 17.6 Å². The van der Waals surface area contributed by atoms with Crippen LogP contribution in [0.5, 0.6) is 11.5 Å². The molecule has 2 atom stereocenters. The summed E-state index contributed by atoms with van der Waals surface area (Å²) in [5, 5.41) is 10.3. The molecule has 2 unspecified atom stereocenters. The number of aromatic hydroxyl groups is 1. The third-order valence-corrected chi connectivity index (χ3v) is 4.21. The normalized spacial score (nSPS) is 22.1. The van der Waals surface area contributed by atoms with Crippen molar-refractivity contribution in [3.05, 3.63) is 22.3 Å². The number of phenolic OH excluding ortho intramolecular Hbond substituents is 1. The second-order valence-corrected chi connectivity index (χ2v) is 6.50. The minimum absolute atomic E-state index is 0.0312. The van der Waals surface area contributed by atoms with Crippen molar-refractivity contribution >= 4 is 0 Å². The fourth-order valence-corrected chi connectivity index (χ4v) is 2.76. The standard InChI is InChI=1S/C17H26O3/c1-8(2)15-13-12(7)14(18)10(5)11(6)16(13)20-17(19-15)9(3)4/h8-9,15,17-18H,1-7H3. The van der Waals surface area contributed by atoms with Gasteiger partial charge in [-0.15, -0.1) is 0 Å². The Morgan fingerprint density at radius 2 is 1.50 bits per heavy atom. The minimum Gasteiger partial charge on any atom is -0.507 e. The number of benzene rings is 1. The molecule has 0 fully saturated rings. The van der Waals surface area contributed by atoms with Crippen molar-refractivity contribution in [2.75, 3.05) is 0 Å². The maximum Gasteiger partial charge on any atom is 0.202 e. The first-order valence-corrected chi connectivity index (χ1v) is 7.40. The van der Waals surface area contributed by atoms with Gasteiger partial charge in [-0.1, -0.05) is 27.7 Å². The van der Waals surface area contributed by atoms with Crippen LogP contribution in [0.3, 0.4) is 0 Å². The van der Waals surface area contributed by atoms with E-state index >= 15 is 0 Å². The molecule has 0 aromatic heterocycles. The molecule has 112 valence electrons. The van der Waals surface area contributed by atoms with Gasteiger partial charge in [0, 0.05) is 17.0 Å². The summed E-state index contributed by atoms with van der Waals surface area (Å²) in [6.45, 7) is 14.4. The van der Waals surface area contributed by atoms with Gasteiger partial charge in [0.05, 0.1) is 6.10 Å². The van der Waals surface area contributed by atoms with Crippen LogP contribution in [-0.2, 0) is 4.74 Å². The van der Waals surface area contributed by atoms with E-state index in [1.54, 1.807) is 0 Å². The number of hydrogen-bond donors (Lipinski definition) is 1. The summed E-state index contributed by atoms with van der Waals surface area (Å²) in [5.74, 6) is 1.89. The number of rotatable bonds is 2. The number of ether oxygens (including phenoxy) is 2. The lowest BCUT2D eigenvalue weighted by molar-refractivity contribution is -0.174. The Labute approximate surface area is 121 Å². The molecule has 1 N–H and O–H groups in total. The van der Waals surface area contributed by atoms with Crippen molar-refractivity contribution in [1.82, 2.24) is 0 Å². The van der Waals surface area contributed by atoms with E-state index in [9.17, 15) is 5.11 Å². The van der Waals surface area contributed by atoms with Gasteiger partial charge in [0.1, 0.15) is 11.5 Å². The molecule has 1 heterocycles. The zero-order valence-corrected chi connectivity index (χ0v) is 13.6. The summed E-state index contributed by atoms with van der Waals surface area (Å²) >= 11 is 0. The van der Waals surface area contributed by atoms with Crippen LogP contribution in [0.4, 0.5) is 0 Å². The quantitative estimate of drug-likeness (QED) is 0.871. The molecule has 1 aromatic carbocycles. The van der Waals surface area contributed by atoms with Crippen LogP contribution in [0.25, 0.3) is 0 Å². The maximum absolute atomic E-state index is 10.3. The molecule has 1 aliphatic heterocycles. The van der Waals surface area contributed by atoms with Gasteiger partial charge in [-0.05, 0) is 37.8 Å². The molecule has 0 bridgehead atoms. The summed E-state index contributed by atoms with van der Waals surface area (Å²) in [4.78, 5) is 0. The van der Waals surface area contributed by atoms with Gasteiger partial charge in [-0.3, -0.25) is 0 Å². The average Bonchev–Trinajstić information content (AvgIpc) is 2.41.